The number of amides is 1. The molecule has 1 aromatic rings. The predicted octanol–water partition coefficient (Wildman–Crippen LogP) is 2.74. The quantitative estimate of drug-likeness (QED) is 0.891. The van der Waals surface area contributed by atoms with Crippen molar-refractivity contribution in [3.05, 3.63) is 11.1 Å². The molecule has 2 heterocycles. The molecule has 0 unspecified atom stereocenters. The largest absolute Gasteiger partial charge is 0.317 e. The Labute approximate surface area is 118 Å². The Balaban J connectivity index is 1.63. The maximum absolute atomic E-state index is 12.2. The number of rotatable bonds is 4. The molecular weight excluding hydrogens is 258 g/mol. The summed E-state index contributed by atoms with van der Waals surface area (Å²) in [6.45, 7) is 4.27. The molecule has 2 fully saturated rings. The first-order chi connectivity index (χ1) is 9.23. The van der Waals surface area contributed by atoms with Crippen molar-refractivity contribution in [1.82, 2.24) is 10.3 Å². The minimum absolute atomic E-state index is 0.0827. The van der Waals surface area contributed by atoms with Crippen LogP contribution in [0.25, 0.3) is 0 Å². The predicted molar refractivity (Wildman–Crippen MR) is 77.5 cm³/mol. The van der Waals surface area contributed by atoms with Crippen molar-refractivity contribution in [3.63, 3.8) is 0 Å². The molecule has 0 radical (unpaired) electrons. The molecule has 2 N–H and O–H groups in total. The summed E-state index contributed by atoms with van der Waals surface area (Å²) in [5, 5.41) is 7.16. The molecule has 2 aliphatic rings. The van der Waals surface area contributed by atoms with Gasteiger partial charge in [0.15, 0.2) is 5.13 Å². The van der Waals surface area contributed by atoms with Crippen LogP contribution in [0.4, 0.5) is 5.13 Å². The third-order valence-electron chi connectivity index (χ3n) is 4.50. The Morgan fingerprint density at radius 1 is 1.53 bits per heavy atom. The van der Waals surface area contributed by atoms with E-state index in [9.17, 15) is 4.79 Å². The van der Waals surface area contributed by atoms with Crippen molar-refractivity contribution in [1.29, 1.82) is 0 Å². The molecule has 1 amide bonds. The molecule has 5 heteroatoms. The molecule has 19 heavy (non-hydrogen) atoms. The lowest BCUT2D eigenvalue weighted by Gasteiger charge is -2.20. The SMILES string of the molecule is CCC1(C(=O)Nc2ncc(C3CCNCC3)s2)CC1. The smallest absolute Gasteiger partial charge is 0.232 e. The summed E-state index contributed by atoms with van der Waals surface area (Å²) >= 11 is 1.65. The van der Waals surface area contributed by atoms with Crippen molar-refractivity contribution in [3.8, 4) is 0 Å². The number of piperidine rings is 1. The molecule has 1 saturated carbocycles. The van der Waals surface area contributed by atoms with E-state index in [1.54, 1.807) is 11.3 Å². The fourth-order valence-electron chi connectivity index (χ4n) is 2.76. The highest BCUT2D eigenvalue weighted by Crippen LogP contribution is 2.49. The Morgan fingerprint density at radius 2 is 2.26 bits per heavy atom. The summed E-state index contributed by atoms with van der Waals surface area (Å²) in [5.41, 5.74) is -0.0827. The first kappa shape index (κ1) is 13.1. The molecular formula is C14H21N3OS. The topological polar surface area (TPSA) is 54.0 Å². The molecule has 0 bridgehead atoms. The second-order valence-corrected chi connectivity index (χ2v) is 6.74. The van der Waals surface area contributed by atoms with Gasteiger partial charge in [-0.1, -0.05) is 6.92 Å². The van der Waals surface area contributed by atoms with Crippen LogP contribution in [0.3, 0.4) is 0 Å². The highest BCUT2D eigenvalue weighted by atomic mass is 32.1. The average Bonchev–Trinajstić information content (AvgIpc) is 3.13. The van der Waals surface area contributed by atoms with Gasteiger partial charge in [-0.3, -0.25) is 4.79 Å². The lowest BCUT2D eigenvalue weighted by Crippen LogP contribution is -2.26. The highest BCUT2D eigenvalue weighted by Gasteiger charge is 2.48. The minimum Gasteiger partial charge on any atom is -0.317 e. The van der Waals surface area contributed by atoms with E-state index in [-0.39, 0.29) is 11.3 Å². The van der Waals surface area contributed by atoms with E-state index in [0.717, 1.165) is 37.5 Å². The normalized spacial score (nSPS) is 22.2. The van der Waals surface area contributed by atoms with E-state index in [4.69, 9.17) is 0 Å². The molecule has 3 rings (SSSR count). The van der Waals surface area contributed by atoms with Crippen molar-refractivity contribution >= 4 is 22.4 Å². The zero-order chi connectivity index (χ0) is 13.3. The van der Waals surface area contributed by atoms with Crippen LogP contribution in [-0.4, -0.2) is 24.0 Å². The van der Waals surface area contributed by atoms with E-state index in [1.807, 2.05) is 6.20 Å². The lowest BCUT2D eigenvalue weighted by molar-refractivity contribution is -0.121. The Morgan fingerprint density at radius 3 is 2.89 bits per heavy atom. The van der Waals surface area contributed by atoms with Crippen LogP contribution < -0.4 is 10.6 Å². The van der Waals surface area contributed by atoms with E-state index in [1.165, 1.54) is 17.7 Å². The van der Waals surface area contributed by atoms with Gasteiger partial charge in [-0.25, -0.2) is 4.98 Å². The summed E-state index contributed by atoms with van der Waals surface area (Å²) in [6, 6.07) is 0. The Hall–Kier alpha value is -0.940. The van der Waals surface area contributed by atoms with Gasteiger partial charge in [0.25, 0.3) is 0 Å². The van der Waals surface area contributed by atoms with E-state index in [0.29, 0.717) is 5.92 Å². The Bertz CT molecular complexity index is 461. The van der Waals surface area contributed by atoms with Crippen molar-refractivity contribution in [2.24, 2.45) is 5.41 Å². The summed E-state index contributed by atoms with van der Waals surface area (Å²) in [7, 11) is 0. The van der Waals surface area contributed by atoms with Crippen LogP contribution in [0.15, 0.2) is 6.20 Å². The molecule has 1 saturated heterocycles. The van der Waals surface area contributed by atoms with Gasteiger partial charge in [0, 0.05) is 16.5 Å². The van der Waals surface area contributed by atoms with Gasteiger partial charge in [-0.15, -0.1) is 11.3 Å². The van der Waals surface area contributed by atoms with Crippen LogP contribution in [-0.2, 0) is 4.79 Å². The van der Waals surface area contributed by atoms with Gasteiger partial charge in [-0.05, 0) is 51.1 Å². The number of aromatic nitrogens is 1. The first-order valence-electron chi connectivity index (χ1n) is 7.21. The number of hydrogen-bond acceptors (Lipinski definition) is 4. The fraction of sp³-hybridized carbons (Fsp3) is 0.714. The van der Waals surface area contributed by atoms with Crippen LogP contribution in [0.1, 0.15) is 49.8 Å². The number of thiazole rings is 1. The van der Waals surface area contributed by atoms with E-state index < -0.39 is 0 Å². The number of hydrogen-bond donors (Lipinski definition) is 2. The van der Waals surface area contributed by atoms with Crippen LogP contribution in [0.5, 0.6) is 0 Å². The van der Waals surface area contributed by atoms with Crippen LogP contribution in [0.2, 0.25) is 0 Å². The lowest BCUT2D eigenvalue weighted by atomic mass is 9.97. The molecule has 1 aromatic heterocycles. The minimum atomic E-state index is -0.0827. The summed E-state index contributed by atoms with van der Waals surface area (Å²) in [5.74, 6) is 0.784. The number of carbonyl (C=O) groups is 1. The summed E-state index contributed by atoms with van der Waals surface area (Å²) in [6.07, 6.45) is 7.29. The third-order valence-corrected chi connectivity index (χ3v) is 5.57. The number of anilines is 1. The zero-order valence-electron chi connectivity index (χ0n) is 11.4. The zero-order valence-corrected chi connectivity index (χ0v) is 12.2. The van der Waals surface area contributed by atoms with Gasteiger partial charge in [0.05, 0.1) is 0 Å². The van der Waals surface area contributed by atoms with Gasteiger partial charge < -0.3 is 10.6 Å². The molecule has 0 atom stereocenters. The molecule has 4 nitrogen and oxygen atoms in total. The molecule has 104 valence electrons. The number of carbonyl (C=O) groups excluding carboxylic acids is 1. The van der Waals surface area contributed by atoms with E-state index in [2.05, 4.69) is 22.5 Å². The van der Waals surface area contributed by atoms with Crippen molar-refractivity contribution in [2.45, 2.75) is 44.9 Å². The van der Waals surface area contributed by atoms with Crippen molar-refractivity contribution in [2.75, 3.05) is 18.4 Å². The van der Waals surface area contributed by atoms with Crippen LogP contribution >= 0.6 is 11.3 Å². The highest BCUT2D eigenvalue weighted by molar-refractivity contribution is 7.15. The number of nitrogens with one attached hydrogen (secondary N) is 2. The molecule has 1 aliphatic heterocycles. The fourth-order valence-corrected chi connectivity index (χ4v) is 3.74. The number of nitrogens with zero attached hydrogens (tertiary/aromatic N) is 1. The van der Waals surface area contributed by atoms with Gasteiger partial charge in [0.2, 0.25) is 5.91 Å². The van der Waals surface area contributed by atoms with Crippen molar-refractivity contribution < 1.29 is 4.79 Å². The van der Waals surface area contributed by atoms with Gasteiger partial charge >= 0.3 is 0 Å². The molecule has 0 aromatic carbocycles. The second-order valence-electron chi connectivity index (χ2n) is 5.68. The standard InChI is InChI=1S/C14H21N3OS/c1-2-14(5-6-14)12(18)17-13-16-9-11(19-13)10-3-7-15-8-4-10/h9-10,15H,2-8H2,1H3,(H,16,17,18). The van der Waals surface area contributed by atoms with Gasteiger partial charge in [0.1, 0.15) is 0 Å². The average molecular weight is 279 g/mol. The maximum atomic E-state index is 12.2. The van der Waals surface area contributed by atoms with Gasteiger partial charge in [-0.2, -0.15) is 0 Å². The summed E-state index contributed by atoms with van der Waals surface area (Å²) in [4.78, 5) is 17.8. The van der Waals surface area contributed by atoms with Crippen LogP contribution in [0, 0.1) is 5.41 Å². The monoisotopic (exact) mass is 279 g/mol. The Kier molecular flexibility index (Phi) is 3.58. The second kappa shape index (κ2) is 5.21. The molecule has 0 spiro atoms. The third kappa shape index (κ3) is 2.67. The summed E-state index contributed by atoms with van der Waals surface area (Å²) < 4.78 is 0. The van der Waals surface area contributed by atoms with E-state index >= 15 is 0 Å². The maximum Gasteiger partial charge on any atom is 0.232 e. The first-order valence-corrected chi connectivity index (χ1v) is 8.03. The molecule has 1 aliphatic carbocycles.